The molecule has 0 aliphatic carbocycles. The molecule has 0 unspecified atom stereocenters. The van der Waals surface area contributed by atoms with E-state index < -0.39 is 23.8 Å². The van der Waals surface area contributed by atoms with Gasteiger partial charge in [0.25, 0.3) is 5.91 Å². The van der Waals surface area contributed by atoms with Crippen LogP contribution in [0.5, 0.6) is 0 Å². The highest BCUT2D eigenvalue weighted by molar-refractivity contribution is 6.01. The molecule has 9 heteroatoms. The number of nitrogens with zero attached hydrogens (tertiary/aromatic N) is 2. The zero-order valence-corrected chi connectivity index (χ0v) is 18.1. The number of aliphatic hydroxyl groups is 1. The smallest absolute Gasteiger partial charge is 0.252 e. The number of carbonyl (C=O) groups excluding carboxylic acids is 1. The molecule has 4 aromatic rings. The summed E-state index contributed by atoms with van der Waals surface area (Å²) in [7, 11) is 0. The minimum atomic E-state index is -0.750. The van der Waals surface area contributed by atoms with Crippen LogP contribution in [0.3, 0.4) is 0 Å². The quantitative estimate of drug-likeness (QED) is 0.320. The Labute approximate surface area is 194 Å². The van der Waals surface area contributed by atoms with Gasteiger partial charge in [0, 0.05) is 35.5 Å². The maximum absolute atomic E-state index is 14.9. The second-order valence-electron chi connectivity index (χ2n) is 7.79. The van der Waals surface area contributed by atoms with Gasteiger partial charge in [-0.2, -0.15) is 5.10 Å². The van der Waals surface area contributed by atoms with Crippen molar-refractivity contribution in [3.8, 4) is 22.5 Å². The van der Waals surface area contributed by atoms with E-state index in [2.05, 4.69) is 20.5 Å². The Hall–Kier alpha value is -3.95. The first-order valence-electron chi connectivity index (χ1n) is 10.6. The first kappa shape index (κ1) is 23.2. The molecule has 2 heterocycles. The van der Waals surface area contributed by atoms with E-state index in [4.69, 9.17) is 5.73 Å². The summed E-state index contributed by atoms with van der Waals surface area (Å²) in [6, 6.07) is 15.5. The van der Waals surface area contributed by atoms with E-state index >= 15 is 0 Å². The normalized spacial score (nSPS) is 12.8. The van der Waals surface area contributed by atoms with Crippen LogP contribution in [0.25, 0.3) is 22.5 Å². The average molecular weight is 463 g/mol. The number of aliphatic hydroxyl groups excluding tert-OH is 1. The molecule has 0 aliphatic heterocycles. The van der Waals surface area contributed by atoms with Crippen LogP contribution in [0.1, 0.15) is 16.1 Å². The highest BCUT2D eigenvalue weighted by Gasteiger charge is 2.24. The summed E-state index contributed by atoms with van der Waals surface area (Å²) in [5, 5.41) is 19.3. The number of hydrogen-bond acceptors (Lipinski definition) is 5. The molecule has 0 saturated carbocycles. The predicted molar refractivity (Wildman–Crippen MR) is 124 cm³/mol. The predicted octanol–water partition coefficient (Wildman–Crippen LogP) is 3.08. The first-order chi connectivity index (χ1) is 16.5. The molecule has 4 rings (SSSR count). The van der Waals surface area contributed by atoms with Crippen molar-refractivity contribution in [2.75, 3.05) is 6.61 Å². The molecule has 0 saturated heterocycles. The van der Waals surface area contributed by atoms with Crippen LogP contribution >= 0.6 is 0 Å². The topological polar surface area (TPSA) is 117 Å². The van der Waals surface area contributed by atoms with Crippen molar-refractivity contribution >= 4 is 5.91 Å². The van der Waals surface area contributed by atoms with Crippen LogP contribution in [-0.4, -0.2) is 44.9 Å². The minimum absolute atomic E-state index is 0.0371. The molecule has 2 aromatic heterocycles. The molecule has 7 nitrogen and oxygen atoms in total. The molecule has 174 valence electrons. The summed E-state index contributed by atoms with van der Waals surface area (Å²) < 4.78 is 28.2. The fraction of sp³-hybridized carbons (Fsp3) is 0.160. The van der Waals surface area contributed by atoms with Crippen molar-refractivity contribution in [2.45, 2.75) is 18.5 Å². The molecule has 34 heavy (non-hydrogen) atoms. The van der Waals surface area contributed by atoms with Gasteiger partial charge >= 0.3 is 0 Å². The van der Waals surface area contributed by atoms with Crippen molar-refractivity contribution in [2.24, 2.45) is 5.73 Å². The van der Waals surface area contributed by atoms with E-state index in [-0.39, 0.29) is 35.7 Å². The number of rotatable bonds is 8. The molecule has 0 radical (unpaired) electrons. The number of benzene rings is 2. The standard InChI is InChI=1S/C25H23F2N5O2/c26-16-9-7-15(8-10-16)21-13-23(32-31-21)24-18(5-3-6-19(24)27)25(34)30-22(20(28)14-33)12-17-4-1-2-11-29-17/h1-11,13,20,22,33H,12,14,28H2,(H,30,34)(H,31,32)/t20-,22+/m1/s1. The second kappa shape index (κ2) is 10.3. The van der Waals surface area contributed by atoms with Crippen LogP contribution < -0.4 is 11.1 Å². The van der Waals surface area contributed by atoms with Gasteiger partial charge in [-0.25, -0.2) is 8.78 Å². The number of H-pyrrole nitrogens is 1. The number of aromatic amines is 1. The minimum Gasteiger partial charge on any atom is -0.395 e. The summed E-state index contributed by atoms with van der Waals surface area (Å²) in [4.78, 5) is 17.5. The third-order valence-corrected chi connectivity index (χ3v) is 5.44. The average Bonchev–Trinajstić information content (AvgIpc) is 3.33. The first-order valence-corrected chi connectivity index (χ1v) is 10.6. The van der Waals surface area contributed by atoms with Crippen molar-refractivity contribution in [3.05, 3.63) is 95.8 Å². The Bertz CT molecular complexity index is 1260. The van der Waals surface area contributed by atoms with E-state index in [9.17, 15) is 18.7 Å². The lowest BCUT2D eigenvalue weighted by Crippen LogP contribution is -2.51. The second-order valence-corrected chi connectivity index (χ2v) is 7.79. The van der Waals surface area contributed by atoms with Gasteiger partial charge in [-0.05, 0) is 54.6 Å². The van der Waals surface area contributed by atoms with E-state index in [1.54, 1.807) is 36.5 Å². The van der Waals surface area contributed by atoms with Gasteiger partial charge in [0.05, 0.1) is 29.6 Å². The van der Waals surface area contributed by atoms with E-state index in [1.807, 2.05) is 6.07 Å². The summed E-state index contributed by atoms with van der Waals surface area (Å²) in [5.41, 5.74) is 8.23. The molecule has 2 aromatic carbocycles. The lowest BCUT2D eigenvalue weighted by Gasteiger charge is -2.24. The van der Waals surface area contributed by atoms with Crippen LogP contribution in [0, 0.1) is 11.6 Å². The maximum atomic E-state index is 14.9. The summed E-state index contributed by atoms with van der Waals surface area (Å²) in [5.74, 6) is -1.55. The number of hydrogen-bond donors (Lipinski definition) is 4. The fourth-order valence-electron chi connectivity index (χ4n) is 3.63. The van der Waals surface area contributed by atoms with Gasteiger partial charge in [-0.15, -0.1) is 0 Å². The van der Waals surface area contributed by atoms with Gasteiger partial charge in [0.15, 0.2) is 0 Å². The number of nitrogens with two attached hydrogens (primary N) is 1. The Morgan fingerprint density at radius 3 is 2.59 bits per heavy atom. The van der Waals surface area contributed by atoms with Crippen molar-refractivity contribution in [3.63, 3.8) is 0 Å². The number of halogens is 2. The van der Waals surface area contributed by atoms with E-state index in [1.165, 1.54) is 30.3 Å². The van der Waals surface area contributed by atoms with Crippen LogP contribution in [-0.2, 0) is 6.42 Å². The largest absolute Gasteiger partial charge is 0.395 e. The molecule has 1 amide bonds. The van der Waals surface area contributed by atoms with Crippen molar-refractivity contribution < 1.29 is 18.7 Å². The molecule has 0 aliphatic rings. The van der Waals surface area contributed by atoms with E-state index in [0.29, 0.717) is 17.0 Å². The fourth-order valence-corrected chi connectivity index (χ4v) is 3.63. The Morgan fingerprint density at radius 2 is 1.88 bits per heavy atom. The van der Waals surface area contributed by atoms with Gasteiger partial charge in [-0.1, -0.05) is 12.1 Å². The zero-order chi connectivity index (χ0) is 24.1. The van der Waals surface area contributed by atoms with Gasteiger partial charge < -0.3 is 16.2 Å². The number of pyridine rings is 1. The van der Waals surface area contributed by atoms with Crippen molar-refractivity contribution in [1.82, 2.24) is 20.5 Å². The zero-order valence-electron chi connectivity index (χ0n) is 18.1. The highest BCUT2D eigenvalue weighted by atomic mass is 19.1. The van der Waals surface area contributed by atoms with Gasteiger partial charge in [0.1, 0.15) is 11.6 Å². The third-order valence-electron chi connectivity index (χ3n) is 5.44. The van der Waals surface area contributed by atoms with Gasteiger partial charge in [0.2, 0.25) is 0 Å². The van der Waals surface area contributed by atoms with Crippen LogP contribution in [0.2, 0.25) is 0 Å². The summed E-state index contributed by atoms with van der Waals surface area (Å²) in [6.45, 7) is -0.352. The molecular formula is C25H23F2N5O2. The summed E-state index contributed by atoms with van der Waals surface area (Å²) >= 11 is 0. The number of carbonyl (C=O) groups is 1. The van der Waals surface area contributed by atoms with Gasteiger partial charge in [-0.3, -0.25) is 14.9 Å². The number of nitrogens with one attached hydrogen (secondary N) is 2. The van der Waals surface area contributed by atoms with Crippen LogP contribution in [0.4, 0.5) is 8.78 Å². The number of aromatic nitrogens is 3. The summed E-state index contributed by atoms with van der Waals surface area (Å²) in [6.07, 6.45) is 1.91. The maximum Gasteiger partial charge on any atom is 0.252 e. The van der Waals surface area contributed by atoms with E-state index in [0.717, 1.165) is 0 Å². The van der Waals surface area contributed by atoms with Crippen molar-refractivity contribution in [1.29, 1.82) is 0 Å². The highest BCUT2D eigenvalue weighted by Crippen LogP contribution is 2.29. The third kappa shape index (κ3) is 5.16. The SMILES string of the molecule is N[C@H](CO)[C@H](Cc1ccccn1)NC(=O)c1cccc(F)c1-c1cc(-c2ccc(F)cc2)n[nH]1. The molecule has 0 bridgehead atoms. The molecular weight excluding hydrogens is 440 g/mol. The molecule has 5 N–H and O–H groups in total. The Kier molecular flexibility index (Phi) is 7.05. The lowest BCUT2D eigenvalue weighted by atomic mass is 9.99. The molecule has 0 spiro atoms. The molecule has 2 atom stereocenters. The lowest BCUT2D eigenvalue weighted by molar-refractivity contribution is 0.0923. The number of amides is 1. The monoisotopic (exact) mass is 463 g/mol. The Morgan fingerprint density at radius 1 is 1.09 bits per heavy atom. The Balaban J connectivity index is 1.63. The molecule has 0 fully saturated rings. The van der Waals surface area contributed by atoms with Crippen LogP contribution in [0.15, 0.2) is 72.9 Å².